The van der Waals surface area contributed by atoms with Gasteiger partial charge in [0.25, 0.3) is 0 Å². The highest BCUT2D eigenvalue weighted by atomic mass is 15.4. The lowest BCUT2D eigenvalue weighted by atomic mass is 10.2. The van der Waals surface area contributed by atoms with E-state index >= 15 is 0 Å². The Morgan fingerprint density at radius 2 is 1.94 bits per heavy atom. The minimum Gasteiger partial charge on any atom is -0.338 e. The Kier molecular flexibility index (Phi) is 4.83. The third-order valence-corrected chi connectivity index (χ3v) is 4.08. The van der Waals surface area contributed by atoms with Crippen LogP contribution in [0, 0.1) is 0 Å². The zero-order valence-corrected chi connectivity index (χ0v) is 11.7. The van der Waals surface area contributed by atoms with Crippen LogP contribution >= 0.6 is 0 Å². The zero-order chi connectivity index (χ0) is 13.0. The number of hydrazine groups is 1. The molecular weight excluding hydrogens is 226 g/mol. The minimum atomic E-state index is 0.466. The van der Waals surface area contributed by atoms with Crippen LogP contribution in [0.25, 0.3) is 0 Å². The molecule has 18 heavy (non-hydrogen) atoms. The molecule has 1 unspecified atom stereocenters. The van der Waals surface area contributed by atoms with E-state index in [0.29, 0.717) is 12.1 Å². The average Bonchev–Trinajstić information content (AvgIpc) is 2.79. The number of nitrogens with zero attached hydrogens (tertiary/aromatic N) is 3. The van der Waals surface area contributed by atoms with Crippen LogP contribution in [0.5, 0.6) is 0 Å². The molecule has 0 spiro atoms. The topological polar surface area (TPSA) is 56.9 Å². The largest absolute Gasteiger partial charge is 0.338 e. The van der Waals surface area contributed by atoms with Gasteiger partial charge in [-0.3, -0.25) is 5.43 Å². The summed E-state index contributed by atoms with van der Waals surface area (Å²) < 4.78 is 0. The molecule has 2 aliphatic rings. The molecule has 1 heterocycles. The molecule has 0 aromatic heterocycles. The van der Waals surface area contributed by atoms with E-state index < -0.39 is 0 Å². The van der Waals surface area contributed by atoms with Gasteiger partial charge >= 0.3 is 0 Å². The van der Waals surface area contributed by atoms with E-state index in [1.165, 1.54) is 32.1 Å². The van der Waals surface area contributed by atoms with Gasteiger partial charge in [-0.05, 0) is 39.8 Å². The minimum absolute atomic E-state index is 0.466. The smallest absolute Gasteiger partial charge is 0.208 e. The number of guanidine groups is 1. The number of likely N-dealkylation sites (N-methyl/N-ethyl adjacent to an activating group) is 1. The van der Waals surface area contributed by atoms with Gasteiger partial charge in [0.15, 0.2) is 0 Å². The molecule has 0 bridgehead atoms. The summed E-state index contributed by atoms with van der Waals surface area (Å²) in [5.41, 5.74) is 2.83. The van der Waals surface area contributed by atoms with Crippen LogP contribution in [0.3, 0.4) is 0 Å². The zero-order valence-electron chi connectivity index (χ0n) is 11.7. The molecule has 1 saturated carbocycles. The Hall–Kier alpha value is -0.810. The van der Waals surface area contributed by atoms with Crippen LogP contribution < -0.4 is 11.3 Å². The van der Waals surface area contributed by atoms with Crippen LogP contribution in [0.15, 0.2) is 4.99 Å². The second-order valence-electron chi connectivity index (χ2n) is 5.69. The fourth-order valence-corrected chi connectivity index (χ4v) is 3.09. The van der Waals surface area contributed by atoms with Gasteiger partial charge in [0.2, 0.25) is 5.96 Å². The molecule has 1 saturated heterocycles. The van der Waals surface area contributed by atoms with E-state index in [0.717, 1.165) is 25.6 Å². The van der Waals surface area contributed by atoms with E-state index in [4.69, 9.17) is 10.8 Å². The maximum atomic E-state index is 5.69. The second kappa shape index (κ2) is 6.38. The molecule has 104 valence electrons. The summed E-state index contributed by atoms with van der Waals surface area (Å²) in [6.45, 7) is 5.53. The van der Waals surface area contributed by atoms with Gasteiger partial charge in [-0.1, -0.05) is 12.8 Å². The summed E-state index contributed by atoms with van der Waals surface area (Å²) in [6.07, 6.45) is 6.22. The summed E-state index contributed by atoms with van der Waals surface area (Å²) >= 11 is 0. The van der Waals surface area contributed by atoms with Crippen molar-refractivity contribution in [1.29, 1.82) is 0 Å². The number of rotatable bonds is 1. The maximum Gasteiger partial charge on any atom is 0.208 e. The van der Waals surface area contributed by atoms with Crippen LogP contribution in [-0.2, 0) is 0 Å². The Labute approximate surface area is 110 Å². The summed E-state index contributed by atoms with van der Waals surface area (Å²) in [7, 11) is 2.18. The number of hydrogen-bond acceptors (Lipinski definition) is 3. The lowest BCUT2D eigenvalue weighted by Crippen LogP contribution is -2.50. The van der Waals surface area contributed by atoms with Crippen LogP contribution in [-0.4, -0.2) is 54.5 Å². The number of nitrogens with two attached hydrogens (primary N) is 1. The number of hydrogen-bond donors (Lipinski definition) is 2. The average molecular weight is 253 g/mol. The molecule has 1 atom stereocenters. The molecule has 0 amide bonds. The van der Waals surface area contributed by atoms with Gasteiger partial charge in [-0.25, -0.2) is 10.8 Å². The van der Waals surface area contributed by atoms with Crippen LogP contribution in [0.4, 0.5) is 0 Å². The SMILES string of the molecule is CC1CN(C)CCCN1C(=NC1CCCC1)NN. The van der Waals surface area contributed by atoms with E-state index in [1.54, 1.807) is 0 Å². The van der Waals surface area contributed by atoms with Crippen molar-refractivity contribution in [2.45, 2.75) is 51.1 Å². The van der Waals surface area contributed by atoms with Gasteiger partial charge in [-0.2, -0.15) is 0 Å². The first-order valence-electron chi connectivity index (χ1n) is 7.20. The molecule has 5 heteroatoms. The van der Waals surface area contributed by atoms with E-state index in [-0.39, 0.29) is 0 Å². The molecule has 2 rings (SSSR count). The highest BCUT2D eigenvalue weighted by Crippen LogP contribution is 2.21. The van der Waals surface area contributed by atoms with Crippen molar-refractivity contribution in [2.24, 2.45) is 10.8 Å². The summed E-state index contributed by atoms with van der Waals surface area (Å²) in [5, 5.41) is 0. The molecule has 5 nitrogen and oxygen atoms in total. The van der Waals surface area contributed by atoms with Crippen LogP contribution in [0.2, 0.25) is 0 Å². The molecular formula is C13H27N5. The van der Waals surface area contributed by atoms with E-state index in [2.05, 4.69) is 29.2 Å². The summed E-state index contributed by atoms with van der Waals surface area (Å²) in [6, 6.07) is 0.943. The highest BCUT2D eigenvalue weighted by Gasteiger charge is 2.23. The Morgan fingerprint density at radius 3 is 2.61 bits per heavy atom. The van der Waals surface area contributed by atoms with Gasteiger partial charge in [0.05, 0.1) is 6.04 Å². The maximum absolute atomic E-state index is 5.69. The van der Waals surface area contributed by atoms with E-state index in [9.17, 15) is 0 Å². The van der Waals surface area contributed by atoms with Crippen molar-refractivity contribution in [3.63, 3.8) is 0 Å². The van der Waals surface area contributed by atoms with Crippen molar-refractivity contribution in [1.82, 2.24) is 15.2 Å². The molecule has 3 N–H and O–H groups in total. The van der Waals surface area contributed by atoms with Gasteiger partial charge < -0.3 is 9.80 Å². The second-order valence-corrected chi connectivity index (χ2v) is 5.69. The first kappa shape index (κ1) is 13.6. The fraction of sp³-hybridized carbons (Fsp3) is 0.923. The predicted octanol–water partition coefficient (Wildman–Crippen LogP) is 0.774. The van der Waals surface area contributed by atoms with E-state index in [1.807, 2.05) is 0 Å². The standard InChI is InChI=1S/C13H27N5/c1-11-10-17(2)8-5-9-18(11)13(16-14)15-12-6-3-4-7-12/h11-12H,3-10,14H2,1-2H3,(H,15,16). The summed E-state index contributed by atoms with van der Waals surface area (Å²) in [4.78, 5) is 9.54. The lowest BCUT2D eigenvalue weighted by molar-refractivity contribution is 0.279. The van der Waals surface area contributed by atoms with Gasteiger partial charge in [-0.15, -0.1) is 0 Å². The normalized spacial score (nSPS) is 28.5. The number of nitrogens with one attached hydrogen (secondary N) is 1. The van der Waals surface area contributed by atoms with Crippen LogP contribution in [0.1, 0.15) is 39.0 Å². The quantitative estimate of drug-likeness (QED) is 0.314. The Bertz CT molecular complexity index is 285. The molecule has 1 aliphatic heterocycles. The van der Waals surface area contributed by atoms with Crippen molar-refractivity contribution in [2.75, 3.05) is 26.7 Å². The van der Waals surface area contributed by atoms with Crippen molar-refractivity contribution in [3.05, 3.63) is 0 Å². The number of aliphatic imine (C=N–C) groups is 1. The molecule has 2 fully saturated rings. The van der Waals surface area contributed by atoms with Gasteiger partial charge in [0.1, 0.15) is 0 Å². The van der Waals surface area contributed by atoms with Crippen molar-refractivity contribution < 1.29 is 0 Å². The molecule has 0 aromatic carbocycles. The highest BCUT2D eigenvalue weighted by molar-refractivity contribution is 5.80. The first-order chi connectivity index (χ1) is 8.70. The Morgan fingerprint density at radius 1 is 1.22 bits per heavy atom. The monoisotopic (exact) mass is 253 g/mol. The van der Waals surface area contributed by atoms with Gasteiger partial charge in [0, 0.05) is 19.1 Å². The van der Waals surface area contributed by atoms with Crippen molar-refractivity contribution >= 4 is 5.96 Å². The predicted molar refractivity (Wildman–Crippen MR) is 75.3 cm³/mol. The summed E-state index contributed by atoms with van der Waals surface area (Å²) in [5.74, 6) is 6.59. The fourth-order valence-electron chi connectivity index (χ4n) is 3.09. The molecule has 1 aliphatic carbocycles. The third kappa shape index (κ3) is 3.36. The Balaban J connectivity index is 2.05. The van der Waals surface area contributed by atoms with Crippen molar-refractivity contribution in [3.8, 4) is 0 Å². The third-order valence-electron chi connectivity index (χ3n) is 4.08. The lowest BCUT2D eigenvalue weighted by Gasteiger charge is -2.31. The first-order valence-corrected chi connectivity index (χ1v) is 7.20. The molecule has 0 aromatic rings. The molecule has 0 radical (unpaired) electrons.